The highest BCUT2D eigenvalue weighted by Crippen LogP contribution is 2.41. The van der Waals surface area contributed by atoms with Crippen molar-refractivity contribution < 1.29 is 13.2 Å². The third-order valence-electron chi connectivity index (χ3n) is 6.64. The molecule has 1 aliphatic rings. The highest BCUT2D eigenvalue weighted by Gasteiger charge is 2.37. The average Bonchev–Trinajstić information content (AvgIpc) is 3.36. The molecule has 5 rings (SSSR count). The van der Waals surface area contributed by atoms with Crippen molar-refractivity contribution in [2.75, 3.05) is 19.6 Å². The van der Waals surface area contributed by atoms with Crippen molar-refractivity contribution in [3.8, 4) is 0 Å². The molecule has 198 valence electrons. The van der Waals surface area contributed by atoms with Crippen LogP contribution in [0.25, 0.3) is 10.9 Å². The summed E-state index contributed by atoms with van der Waals surface area (Å²) in [4.78, 5) is 21.3. The number of aromatic nitrogens is 1. The second-order valence-corrected chi connectivity index (χ2v) is 13.5. The summed E-state index contributed by atoms with van der Waals surface area (Å²) >= 11 is 14.4. The second kappa shape index (κ2) is 10.9. The van der Waals surface area contributed by atoms with Crippen LogP contribution in [0.2, 0.25) is 10.0 Å². The van der Waals surface area contributed by atoms with Gasteiger partial charge in [-0.15, -0.1) is 11.3 Å². The zero-order valence-electron chi connectivity index (χ0n) is 21.0. The predicted octanol–water partition coefficient (Wildman–Crippen LogP) is 6.42. The van der Waals surface area contributed by atoms with Crippen molar-refractivity contribution in [3.63, 3.8) is 0 Å². The second-order valence-electron chi connectivity index (χ2n) is 9.73. The number of carbonyl (C=O) groups excluding carboxylic acids is 1. The summed E-state index contributed by atoms with van der Waals surface area (Å²) < 4.78 is 29.2. The highest BCUT2D eigenvalue weighted by molar-refractivity contribution is 7.89. The molecule has 0 bridgehead atoms. The van der Waals surface area contributed by atoms with Gasteiger partial charge in [0, 0.05) is 39.6 Å². The molecule has 1 atom stereocenters. The van der Waals surface area contributed by atoms with Crippen molar-refractivity contribution in [3.05, 3.63) is 92.2 Å². The van der Waals surface area contributed by atoms with Crippen molar-refractivity contribution >= 4 is 61.4 Å². The topological polar surface area (TPSA) is 70.6 Å². The Morgan fingerprint density at radius 3 is 2.68 bits per heavy atom. The van der Waals surface area contributed by atoms with E-state index in [1.165, 1.54) is 9.18 Å². The number of amides is 1. The van der Waals surface area contributed by atoms with Crippen LogP contribution in [0.5, 0.6) is 0 Å². The van der Waals surface area contributed by atoms with Gasteiger partial charge in [0.2, 0.25) is 15.9 Å². The molecule has 1 amide bonds. The summed E-state index contributed by atoms with van der Waals surface area (Å²) in [5, 5.41) is 3.71. The van der Waals surface area contributed by atoms with Gasteiger partial charge in [-0.25, -0.2) is 8.42 Å². The van der Waals surface area contributed by atoms with Crippen molar-refractivity contribution in [1.29, 1.82) is 0 Å². The number of rotatable bonds is 7. The van der Waals surface area contributed by atoms with E-state index in [9.17, 15) is 13.2 Å². The number of pyridine rings is 1. The Labute approximate surface area is 236 Å². The first-order chi connectivity index (χ1) is 18.2. The zero-order valence-corrected chi connectivity index (χ0v) is 24.1. The molecule has 1 unspecified atom stereocenters. The third-order valence-corrected chi connectivity index (χ3v) is 10.0. The maximum absolute atomic E-state index is 14.0. The molecular weight excluding hydrogens is 561 g/mol. The molecular formula is C28H27Cl2N3O3S2. The molecule has 1 aliphatic heterocycles. The van der Waals surface area contributed by atoms with Gasteiger partial charge in [0.15, 0.2) is 0 Å². The summed E-state index contributed by atoms with van der Waals surface area (Å²) in [7, 11) is -4.02. The van der Waals surface area contributed by atoms with Crippen LogP contribution < -0.4 is 0 Å². The van der Waals surface area contributed by atoms with Crippen LogP contribution in [0, 0.1) is 5.92 Å². The van der Waals surface area contributed by atoms with Crippen LogP contribution in [0.3, 0.4) is 0 Å². The van der Waals surface area contributed by atoms with E-state index >= 15 is 0 Å². The molecule has 2 aromatic carbocycles. The Balaban J connectivity index is 1.52. The number of halogens is 2. The van der Waals surface area contributed by atoms with E-state index in [2.05, 4.69) is 4.98 Å². The van der Waals surface area contributed by atoms with E-state index < -0.39 is 16.1 Å². The Hall–Kier alpha value is -2.49. The highest BCUT2D eigenvalue weighted by atomic mass is 35.5. The standard InChI is InChI=1S/C28H27Cl2N3O3S2/c1-18(2)16-32(38(35,36)25-7-3-5-19-6-4-12-31-27(19)25)17-26(34)33-13-10-24-22(11-14-37-24)28(33)21-9-8-20(29)15-23(21)30/h3-9,11-12,14-15,18,28H,10,13,16-17H2,1-2H3. The van der Waals surface area contributed by atoms with Gasteiger partial charge in [-0.2, -0.15) is 4.31 Å². The van der Waals surface area contributed by atoms with Crippen LogP contribution in [0.1, 0.15) is 35.9 Å². The number of benzene rings is 2. The molecule has 10 heteroatoms. The Kier molecular flexibility index (Phi) is 7.80. The van der Waals surface area contributed by atoms with E-state index in [1.54, 1.807) is 52.8 Å². The van der Waals surface area contributed by atoms with Crippen molar-refractivity contribution in [2.45, 2.75) is 31.2 Å². The molecule has 38 heavy (non-hydrogen) atoms. The SMILES string of the molecule is CC(C)CN(CC(=O)N1CCc2sccc2C1c1ccc(Cl)cc1Cl)S(=O)(=O)c1cccc2cccnc12. The Bertz CT molecular complexity index is 1600. The Morgan fingerprint density at radius 1 is 1.13 bits per heavy atom. The minimum Gasteiger partial charge on any atom is -0.330 e. The number of nitrogens with zero attached hydrogens (tertiary/aromatic N) is 3. The normalized spacial score (nSPS) is 15.8. The minimum absolute atomic E-state index is 0.00634. The molecule has 0 spiro atoms. The maximum Gasteiger partial charge on any atom is 0.245 e. The van der Waals surface area contributed by atoms with E-state index in [0.29, 0.717) is 28.5 Å². The molecule has 0 aliphatic carbocycles. The molecule has 0 saturated carbocycles. The van der Waals surface area contributed by atoms with Crippen molar-refractivity contribution in [2.24, 2.45) is 5.92 Å². The fraction of sp³-hybridized carbons (Fsp3) is 0.286. The largest absolute Gasteiger partial charge is 0.330 e. The van der Waals surface area contributed by atoms with E-state index in [4.69, 9.17) is 23.2 Å². The molecule has 2 aromatic heterocycles. The summed E-state index contributed by atoms with van der Waals surface area (Å²) in [5.74, 6) is -0.276. The van der Waals surface area contributed by atoms with Gasteiger partial charge in [-0.05, 0) is 59.2 Å². The third kappa shape index (κ3) is 5.20. The quantitative estimate of drug-likeness (QED) is 0.250. The lowest BCUT2D eigenvalue weighted by atomic mass is 9.93. The molecule has 4 aromatic rings. The minimum atomic E-state index is -4.02. The summed E-state index contributed by atoms with van der Waals surface area (Å²) in [6.45, 7) is 4.24. The van der Waals surface area contributed by atoms with Crippen LogP contribution >= 0.6 is 34.5 Å². The van der Waals surface area contributed by atoms with E-state index in [-0.39, 0.29) is 29.8 Å². The van der Waals surface area contributed by atoms with Gasteiger partial charge in [0.05, 0.1) is 18.1 Å². The van der Waals surface area contributed by atoms with Gasteiger partial charge < -0.3 is 4.90 Å². The fourth-order valence-corrected chi connectivity index (χ4v) is 8.10. The van der Waals surface area contributed by atoms with Crippen LogP contribution in [0.15, 0.2) is 71.1 Å². The number of sulfonamides is 1. The molecule has 0 fully saturated rings. The van der Waals surface area contributed by atoms with Crippen molar-refractivity contribution in [1.82, 2.24) is 14.2 Å². The maximum atomic E-state index is 14.0. The molecule has 0 N–H and O–H groups in total. The summed E-state index contributed by atoms with van der Waals surface area (Å²) in [5.41, 5.74) is 2.17. The van der Waals surface area contributed by atoms with Gasteiger partial charge in [0.25, 0.3) is 0 Å². The van der Waals surface area contributed by atoms with Gasteiger partial charge in [-0.3, -0.25) is 9.78 Å². The summed E-state index contributed by atoms with van der Waals surface area (Å²) in [6, 6.07) is 15.5. The number of fused-ring (bicyclic) bond motifs is 2. The fourth-order valence-electron chi connectivity index (χ4n) is 4.96. The number of hydrogen-bond acceptors (Lipinski definition) is 5. The van der Waals surface area contributed by atoms with Gasteiger partial charge in [0.1, 0.15) is 4.90 Å². The lowest BCUT2D eigenvalue weighted by Crippen LogP contribution is -2.47. The van der Waals surface area contributed by atoms with Gasteiger partial charge >= 0.3 is 0 Å². The monoisotopic (exact) mass is 587 g/mol. The first kappa shape index (κ1) is 27.1. The molecule has 0 saturated heterocycles. The van der Waals surface area contributed by atoms with E-state index in [1.807, 2.05) is 43.5 Å². The lowest BCUT2D eigenvalue weighted by Gasteiger charge is -2.38. The number of para-hydroxylation sites is 1. The van der Waals surface area contributed by atoms with E-state index in [0.717, 1.165) is 16.5 Å². The molecule has 6 nitrogen and oxygen atoms in total. The lowest BCUT2D eigenvalue weighted by molar-refractivity contribution is -0.133. The number of thiophene rings is 1. The predicted molar refractivity (Wildman–Crippen MR) is 153 cm³/mol. The van der Waals surface area contributed by atoms with Crippen LogP contribution in [-0.4, -0.2) is 48.1 Å². The Morgan fingerprint density at radius 2 is 1.92 bits per heavy atom. The smallest absolute Gasteiger partial charge is 0.245 e. The average molecular weight is 589 g/mol. The van der Waals surface area contributed by atoms with Crippen LogP contribution in [-0.2, 0) is 21.2 Å². The molecule has 3 heterocycles. The van der Waals surface area contributed by atoms with Gasteiger partial charge in [-0.1, -0.05) is 61.3 Å². The summed E-state index contributed by atoms with van der Waals surface area (Å²) in [6.07, 6.45) is 2.27. The molecule has 0 radical (unpaired) electrons. The zero-order chi connectivity index (χ0) is 27.0. The first-order valence-corrected chi connectivity index (χ1v) is 15.4. The number of carbonyl (C=O) groups is 1. The first-order valence-electron chi connectivity index (χ1n) is 12.3. The number of hydrogen-bond donors (Lipinski definition) is 0. The van der Waals surface area contributed by atoms with Crippen LogP contribution in [0.4, 0.5) is 0 Å².